The summed E-state index contributed by atoms with van der Waals surface area (Å²) in [5, 5.41) is 6.45. The van der Waals surface area contributed by atoms with Gasteiger partial charge in [0.15, 0.2) is 12.3 Å². The Hall–Kier alpha value is -2.89. The maximum atomic E-state index is 11.9. The average molecular weight is 284 g/mol. The molecule has 0 atom stereocenters. The van der Waals surface area contributed by atoms with Crippen LogP contribution in [0.1, 0.15) is 11.3 Å². The van der Waals surface area contributed by atoms with E-state index in [2.05, 4.69) is 15.5 Å². The van der Waals surface area contributed by atoms with Crippen LogP contribution in [0, 0.1) is 0 Å². The SMILES string of the molecule is CNC(=O)/C(=N\OCc1cccc(N)n1)c1ccccc1. The molecule has 0 saturated heterocycles. The fraction of sp³-hybridized carbons (Fsp3) is 0.133. The monoisotopic (exact) mass is 284 g/mol. The van der Waals surface area contributed by atoms with E-state index in [9.17, 15) is 4.79 Å². The zero-order chi connectivity index (χ0) is 15.1. The number of anilines is 1. The van der Waals surface area contributed by atoms with E-state index in [0.717, 1.165) is 0 Å². The minimum absolute atomic E-state index is 0.137. The summed E-state index contributed by atoms with van der Waals surface area (Å²) in [5.41, 5.74) is 7.11. The summed E-state index contributed by atoms with van der Waals surface area (Å²) >= 11 is 0. The number of nitrogens with one attached hydrogen (secondary N) is 1. The highest BCUT2D eigenvalue weighted by molar-refractivity contribution is 6.45. The van der Waals surface area contributed by atoms with E-state index in [1.54, 1.807) is 37.4 Å². The number of amides is 1. The quantitative estimate of drug-likeness (QED) is 0.640. The van der Waals surface area contributed by atoms with Gasteiger partial charge >= 0.3 is 0 Å². The van der Waals surface area contributed by atoms with Crippen molar-refractivity contribution in [2.45, 2.75) is 6.61 Å². The van der Waals surface area contributed by atoms with Gasteiger partial charge in [-0.2, -0.15) is 0 Å². The van der Waals surface area contributed by atoms with Crippen molar-refractivity contribution < 1.29 is 9.63 Å². The molecule has 0 aliphatic carbocycles. The molecule has 6 heteroatoms. The van der Waals surface area contributed by atoms with Crippen molar-refractivity contribution in [2.75, 3.05) is 12.8 Å². The molecule has 0 saturated carbocycles. The topological polar surface area (TPSA) is 89.6 Å². The zero-order valence-electron chi connectivity index (χ0n) is 11.6. The van der Waals surface area contributed by atoms with Gasteiger partial charge in [0.2, 0.25) is 0 Å². The standard InChI is InChI=1S/C15H16N4O2/c1-17-15(20)14(11-6-3-2-4-7-11)19-21-10-12-8-5-9-13(16)18-12/h2-9H,10H2,1H3,(H2,16,18)(H,17,20)/b19-14-. The predicted molar refractivity (Wildman–Crippen MR) is 80.5 cm³/mol. The second kappa shape index (κ2) is 7.04. The third-order valence-corrected chi connectivity index (χ3v) is 2.69. The Balaban J connectivity index is 2.12. The van der Waals surface area contributed by atoms with Gasteiger partial charge in [0.05, 0.1) is 5.69 Å². The third kappa shape index (κ3) is 4.04. The number of rotatable bonds is 5. The predicted octanol–water partition coefficient (Wildman–Crippen LogP) is 1.33. The maximum Gasteiger partial charge on any atom is 0.273 e. The van der Waals surface area contributed by atoms with Gasteiger partial charge in [0.1, 0.15) is 5.82 Å². The Morgan fingerprint density at radius 1 is 1.24 bits per heavy atom. The number of pyridine rings is 1. The molecule has 0 aliphatic rings. The Labute approximate surface area is 122 Å². The molecule has 0 radical (unpaired) electrons. The number of carbonyl (C=O) groups is 1. The van der Waals surface area contributed by atoms with Crippen LogP contribution < -0.4 is 11.1 Å². The summed E-state index contributed by atoms with van der Waals surface area (Å²) in [7, 11) is 1.54. The first kappa shape index (κ1) is 14.5. The van der Waals surface area contributed by atoms with Gasteiger partial charge in [0.25, 0.3) is 5.91 Å². The Kier molecular flexibility index (Phi) is 4.87. The first-order valence-corrected chi connectivity index (χ1v) is 6.39. The first-order valence-electron chi connectivity index (χ1n) is 6.39. The summed E-state index contributed by atoms with van der Waals surface area (Å²) in [6.45, 7) is 0.137. The number of aromatic nitrogens is 1. The third-order valence-electron chi connectivity index (χ3n) is 2.69. The molecule has 1 amide bonds. The second-order valence-electron chi connectivity index (χ2n) is 4.21. The fourth-order valence-electron chi connectivity index (χ4n) is 1.68. The summed E-state index contributed by atoms with van der Waals surface area (Å²) in [6, 6.07) is 14.3. The number of carbonyl (C=O) groups excluding carboxylic acids is 1. The highest BCUT2D eigenvalue weighted by Crippen LogP contribution is 2.05. The molecule has 1 aromatic carbocycles. The second-order valence-corrected chi connectivity index (χ2v) is 4.21. The van der Waals surface area contributed by atoms with Crippen molar-refractivity contribution >= 4 is 17.4 Å². The molecule has 0 fully saturated rings. The number of nitrogens with two attached hydrogens (primary N) is 1. The van der Waals surface area contributed by atoms with Gasteiger partial charge in [-0.3, -0.25) is 4.79 Å². The molecule has 21 heavy (non-hydrogen) atoms. The number of oxime groups is 1. The van der Waals surface area contributed by atoms with Crippen LogP contribution in [-0.2, 0) is 16.2 Å². The molecule has 6 nitrogen and oxygen atoms in total. The molecule has 108 valence electrons. The normalized spacial score (nSPS) is 11.0. The molecular weight excluding hydrogens is 268 g/mol. The number of nitrogen functional groups attached to an aromatic ring is 1. The summed E-state index contributed by atoms with van der Waals surface area (Å²) in [5.74, 6) is 0.0939. The van der Waals surface area contributed by atoms with E-state index in [1.807, 2.05) is 18.2 Å². The molecule has 2 rings (SSSR count). The van der Waals surface area contributed by atoms with Crippen molar-refractivity contribution in [2.24, 2.45) is 5.16 Å². The molecule has 0 spiro atoms. The van der Waals surface area contributed by atoms with Crippen molar-refractivity contribution in [1.29, 1.82) is 0 Å². The van der Waals surface area contributed by atoms with Crippen LogP contribution in [0.4, 0.5) is 5.82 Å². The van der Waals surface area contributed by atoms with Crippen LogP contribution in [0.25, 0.3) is 0 Å². The lowest BCUT2D eigenvalue weighted by Crippen LogP contribution is -2.28. The van der Waals surface area contributed by atoms with Gasteiger partial charge in [0, 0.05) is 12.6 Å². The van der Waals surface area contributed by atoms with Gasteiger partial charge in [-0.15, -0.1) is 0 Å². The van der Waals surface area contributed by atoms with Crippen LogP contribution in [0.15, 0.2) is 53.7 Å². The lowest BCUT2D eigenvalue weighted by Gasteiger charge is -2.06. The minimum Gasteiger partial charge on any atom is -0.389 e. The number of nitrogens with zero attached hydrogens (tertiary/aromatic N) is 2. The molecule has 1 aromatic heterocycles. The van der Waals surface area contributed by atoms with Gasteiger partial charge in [-0.25, -0.2) is 4.98 Å². The van der Waals surface area contributed by atoms with Crippen LogP contribution in [0.5, 0.6) is 0 Å². The van der Waals surface area contributed by atoms with Crippen molar-refractivity contribution in [3.8, 4) is 0 Å². The summed E-state index contributed by atoms with van der Waals surface area (Å²) in [4.78, 5) is 21.2. The molecule has 1 heterocycles. The Morgan fingerprint density at radius 3 is 2.67 bits per heavy atom. The van der Waals surface area contributed by atoms with E-state index in [-0.39, 0.29) is 18.2 Å². The number of hydrogen-bond donors (Lipinski definition) is 2. The van der Waals surface area contributed by atoms with E-state index in [1.165, 1.54) is 0 Å². The van der Waals surface area contributed by atoms with Gasteiger partial charge < -0.3 is 15.9 Å². The van der Waals surface area contributed by atoms with E-state index < -0.39 is 0 Å². The number of hydrogen-bond acceptors (Lipinski definition) is 5. The molecule has 0 unspecified atom stereocenters. The van der Waals surface area contributed by atoms with Gasteiger partial charge in [-0.05, 0) is 12.1 Å². The molecular formula is C15H16N4O2. The van der Waals surface area contributed by atoms with E-state index in [4.69, 9.17) is 10.6 Å². The van der Waals surface area contributed by atoms with Crippen LogP contribution >= 0.6 is 0 Å². The maximum absolute atomic E-state index is 11.9. The lowest BCUT2D eigenvalue weighted by atomic mass is 10.1. The molecule has 2 aromatic rings. The van der Waals surface area contributed by atoms with Crippen molar-refractivity contribution in [3.63, 3.8) is 0 Å². The average Bonchev–Trinajstić information content (AvgIpc) is 2.52. The van der Waals surface area contributed by atoms with Crippen LogP contribution in [0.2, 0.25) is 0 Å². The first-order chi connectivity index (χ1) is 10.2. The minimum atomic E-state index is -0.318. The Bertz CT molecular complexity index is 641. The van der Waals surface area contributed by atoms with Gasteiger partial charge in [-0.1, -0.05) is 41.6 Å². The summed E-state index contributed by atoms with van der Waals surface area (Å²) in [6.07, 6.45) is 0. The van der Waals surface area contributed by atoms with Crippen LogP contribution in [0.3, 0.4) is 0 Å². The summed E-state index contributed by atoms with van der Waals surface area (Å²) < 4.78 is 0. The van der Waals surface area contributed by atoms with E-state index in [0.29, 0.717) is 17.1 Å². The van der Waals surface area contributed by atoms with Crippen LogP contribution in [-0.4, -0.2) is 23.7 Å². The highest BCUT2D eigenvalue weighted by atomic mass is 16.6. The zero-order valence-corrected chi connectivity index (χ0v) is 11.6. The van der Waals surface area contributed by atoms with Crippen molar-refractivity contribution in [3.05, 3.63) is 59.8 Å². The number of benzene rings is 1. The molecule has 3 N–H and O–H groups in total. The van der Waals surface area contributed by atoms with E-state index >= 15 is 0 Å². The molecule has 0 aliphatic heterocycles. The fourth-order valence-corrected chi connectivity index (χ4v) is 1.68. The number of likely N-dealkylation sites (N-methyl/N-ethyl adjacent to an activating group) is 1. The smallest absolute Gasteiger partial charge is 0.273 e. The molecule has 0 bridgehead atoms. The highest BCUT2D eigenvalue weighted by Gasteiger charge is 2.13. The van der Waals surface area contributed by atoms with Crippen molar-refractivity contribution in [1.82, 2.24) is 10.3 Å². The Morgan fingerprint density at radius 2 is 2.00 bits per heavy atom. The lowest BCUT2D eigenvalue weighted by molar-refractivity contribution is -0.114. The largest absolute Gasteiger partial charge is 0.389 e.